The molecule has 0 spiro atoms. The molecule has 0 aromatic rings. The van der Waals surface area contributed by atoms with Crippen molar-refractivity contribution < 1.29 is 23.5 Å². The molecule has 0 saturated heterocycles. The molecule has 1 aliphatic carbocycles. The van der Waals surface area contributed by atoms with Crippen molar-refractivity contribution >= 4 is 20.1 Å². The fraction of sp³-hybridized carbons (Fsp3) is 0.862. The lowest BCUT2D eigenvalue weighted by Crippen LogP contribution is -2.51. The highest BCUT2D eigenvalue weighted by Gasteiger charge is 2.44. The van der Waals surface area contributed by atoms with Gasteiger partial charge in [0.1, 0.15) is 5.78 Å². The molecule has 0 aromatic carbocycles. The Morgan fingerprint density at radius 1 is 1.11 bits per heavy atom. The van der Waals surface area contributed by atoms with Crippen molar-refractivity contribution in [2.24, 2.45) is 17.8 Å². The monoisotopic (exact) mass is 510 g/mol. The van der Waals surface area contributed by atoms with Crippen LogP contribution < -0.4 is 0 Å². The van der Waals surface area contributed by atoms with Gasteiger partial charge in [0.15, 0.2) is 8.32 Å². The molecule has 1 rings (SSSR count). The highest BCUT2D eigenvalue weighted by Crippen LogP contribution is 2.42. The van der Waals surface area contributed by atoms with Gasteiger partial charge in [-0.05, 0) is 56.2 Å². The van der Waals surface area contributed by atoms with Gasteiger partial charge in [-0.1, -0.05) is 72.5 Å². The molecule has 0 bridgehead atoms. The van der Waals surface area contributed by atoms with E-state index in [4.69, 9.17) is 13.9 Å². The number of hydrogen-bond acceptors (Lipinski definition) is 5. The highest BCUT2D eigenvalue weighted by atomic mass is 28.4. The van der Waals surface area contributed by atoms with Gasteiger partial charge in [-0.3, -0.25) is 9.59 Å². The summed E-state index contributed by atoms with van der Waals surface area (Å²) in [7, 11) is 1.20. The van der Waals surface area contributed by atoms with Crippen molar-refractivity contribution in [1.29, 1.82) is 0 Å². The van der Waals surface area contributed by atoms with Crippen LogP contribution in [0.15, 0.2) is 12.2 Å². The van der Waals surface area contributed by atoms with Crippen LogP contribution in [-0.4, -0.2) is 46.0 Å². The molecule has 1 saturated carbocycles. The first-order chi connectivity index (χ1) is 16.2. The smallest absolute Gasteiger partial charge is 0.305 e. The number of carbonyl (C=O) groups excluding carboxylic acids is 2. The van der Waals surface area contributed by atoms with E-state index in [-0.39, 0.29) is 28.9 Å². The Morgan fingerprint density at radius 2 is 1.74 bits per heavy atom. The zero-order valence-electron chi connectivity index (χ0n) is 24.4. The van der Waals surface area contributed by atoms with Crippen LogP contribution in [-0.2, 0) is 23.5 Å². The Bertz CT molecular complexity index is 696. The second-order valence-electron chi connectivity index (χ2n) is 12.3. The van der Waals surface area contributed by atoms with Crippen LogP contribution >= 0.6 is 0 Å². The van der Waals surface area contributed by atoms with E-state index in [9.17, 15) is 9.59 Å². The van der Waals surface area contributed by atoms with Gasteiger partial charge in [0.25, 0.3) is 0 Å². The molecule has 35 heavy (non-hydrogen) atoms. The maximum absolute atomic E-state index is 12.9. The van der Waals surface area contributed by atoms with Gasteiger partial charge in [0.05, 0.1) is 18.8 Å². The first kappa shape index (κ1) is 32.0. The minimum absolute atomic E-state index is 0.0790. The lowest BCUT2D eigenvalue weighted by atomic mass is 9.84. The van der Waals surface area contributed by atoms with Crippen molar-refractivity contribution in [2.75, 3.05) is 14.2 Å². The van der Waals surface area contributed by atoms with E-state index in [2.05, 4.69) is 66.8 Å². The maximum Gasteiger partial charge on any atom is 0.305 e. The van der Waals surface area contributed by atoms with Gasteiger partial charge >= 0.3 is 5.97 Å². The van der Waals surface area contributed by atoms with Gasteiger partial charge in [0, 0.05) is 25.9 Å². The summed E-state index contributed by atoms with van der Waals surface area (Å²) in [5.74, 6) is 0.917. The van der Waals surface area contributed by atoms with Gasteiger partial charge in [0.2, 0.25) is 0 Å². The molecule has 0 amide bonds. The predicted molar refractivity (Wildman–Crippen MR) is 147 cm³/mol. The van der Waals surface area contributed by atoms with Crippen LogP contribution in [0.4, 0.5) is 0 Å². The molecule has 0 radical (unpaired) electrons. The summed E-state index contributed by atoms with van der Waals surface area (Å²) in [6, 6.07) is 0. The van der Waals surface area contributed by atoms with E-state index < -0.39 is 13.9 Å². The Kier molecular flexibility index (Phi) is 12.9. The second-order valence-corrected chi connectivity index (χ2v) is 17.1. The van der Waals surface area contributed by atoms with Crippen LogP contribution in [0.5, 0.6) is 0 Å². The summed E-state index contributed by atoms with van der Waals surface area (Å²) >= 11 is 0. The third kappa shape index (κ3) is 9.44. The van der Waals surface area contributed by atoms with Gasteiger partial charge < -0.3 is 13.9 Å². The first-order valence-corrected chi connectivity index (χ1v) is 16.6. The summed E-state index contributed by atoms with van der Waals surface area (Å²) in [6.45, 7) is 17.9. The Balaban J connectivity index is 2.97. The number of carbonyl (C=O) groups is 2. The first-order valence-electron chi connectivity index (χ1n) is 13.7. The zero-order chi connectivity index (χ0) is 26.9. The van der Waals surface area contributed by atoms with Crippen molar-refractivity contribution in [3.05, 3.63) is 12.2 Å². The number of hydrogen-bond donors (Lipinski definition) is 0. The number of ketones is 1. The molecule has 0 N–H and O–H groups in total. The third-order valence-corrected chi connectivity index (χ3v) is 12.9. The summed E-state index contributed by atoms with van der Waals surface area (Å²) < 4.78 is 17.7. The van der Waals surface area contributed by atoms with Crippen molar-refractivity contribution in [2.45, 2.75) is 129 Å². The average Bonchev–Trinajstić information content (AvgIpc) is 3.04. The molecule has 5 nitrogen and oxygen atoms in total. The van der Waals surface area contributed by atoms with Gasteiger partial charge in [-0.15, -0.1) is 0 Å². The van der Waals surface area contributed by atoms with Crippen LogP contribution in [0, 0.1) is 17.8 Å². The molecule has 204 valence electrons. The number of Topliss-reactive ketones (excluding diaryl/α,β-unsaturated/α-hetero) is 1. The highest BCUT2D eigenvalue weighted by molar-refractivity contribution is 6.74. The van der Waals surface area contributed by atoms with Crippen molar-refractivity contribution in [3.63, 3.8) is 0 Å². The molecule has 0 heterocycles. The largest absolute Gasteiger partial charge is 0.469 e. The fourth-order valence-electron chi connectivity index (χ4n) is 4.93. The van der Waals surface area contributed by atoms with Crippen molar-refractivity contribution in [1.82, 2.24) is 0 Å². The number of methoxy groups -OCH3 is 2. The molecule has 0 aliphatic heterocycles. The number of rotatable bonds is 15. The summed E-state index contributed by atoms with van der Waals surface area (Å²) in [5, 5.41) is 0.104. The normalized spacial score (nSPS) is 24.1. The van der Waals surface area contributed by atoms with E-state index in [1.807, 2.05) is 0 Å². The fourth-order valence-corrected chi connectivity index (χ4v) is 6.25. The van der Waals surface area contributed by atoms with Crippen LogP contribution in [0.25, 0.3) is 0 Å². The van der Waals surface area contributed by atoms with E-state index in [0.29, 0.717) is 24.5 Å². The number of ether oxygens (including phenoxy) is 2. The van der Waals surface area contributed by atoms with Crippen molar-refractivity contribution in [3.8, 4) is 0 Å². The molecule has 1 aliphatic rings. The van der Waals surface area contributed by atoms with E-state index in [1.54, 1.807) is 7.11 Å². The SMILES string of the molecule is CCC[C@@](C)(OC)[C@@H](/C=C/[C@@H]1C(CCCCCCC(=O)OC)C(=O)C[C@H]1C)O[Si](C)(C)C(C)(C)C. The van der Waals surface area contributed by atoms with Crippen LogP contribution in [0.3, 0.4) is 0 Å². The molecular formula is C29H54O5Si. The predicted octanol–water partition coefficient (Wildman–Crippen LogP) is 7.49. The zero-order valence-corrected chi connectivity index (χ0v) is 25.4. The summed E-state index contributed by atoms with van der Waals surface area (Å²) in [4.78, 5) is 24.1. The number of allylic oxidation sites excluding steroid dienone is 1. The number of esters is 1. The van der Waals surface area contributed by atoms with E-state index >= 15 is 0 Å². The maximum atomic E-state index is 12.9. The Labute approximate surface area is 216 Å². The molecule has 1 unspecified atom stereocenters. The Morgan fingerprint density at radius 3 is 2.29 bits per heavy atom. The van der Waals surface area contributed by atoms with Gasteiger partial charge in [-0.2, -0.15) is 0 Å². The lowest BCUT2D eigenvalue weighted by Gasteiger charge is -2.44. The quantitative estimate of drug-likeness (QED) is 0.0988. The summed E-state index contributed by atoms with van der Waals surface area (Å²) in [6.07, 6.45) is 12.3. The van der Waals surface area contributed by atoms with E-state index in [1.165, 1.54) is 7.11 Å². The lowest BCUT2D eigenvalue weighted by molar-refractivity contribution is -0.140. The summed E-state index contributed by atoms with van der Waals surface area (Å²) in [5.41, 5.74) is -0.401. The molecule has 6 heteroatoms. The van der Waals surface area contributed by atoms with Crippen LogP contribution in [0.2, 0.25) is 18.1 Å². The minimum atomic E-state index is -2.02. The molecule has 5 atom stereocenters. The van der Waals surface area contributed by atoms with Crippen LogP contribution in [0.1, 0.15) is 99.3 Å². The third-order valence-electron chi connectivity index (χ3n) is 8.48. The second kappa shape index (κ2) is 14.1. The molecular weight excluding hydrogens is 456 g/mol. The van der Waals surface area contributed by atoms with E-state index in [0.717, 1.165) is 44.9 Å². The van der Waals surface area contributed by atoms with Gasteiger partial charge in [-0.25, -0.2) is 0 Å². The number of unbranched alkanes of at least 4 members (excludes halogenated alkanes) is 3. The Hall–Kier alpha value is -0.983. The molecule has 1 fully saturated rings. The average molecular weight is 511 g/mol. The molecule has 0 aromatic heterocycles. The standard InChI is InChI=1S/C29H54O5Si/c1-11-20-29(6,33-8)26(34-35(9,10)28(3,4)5)19-18-23-22(2)21-25(30)24(23)16-14-12-13-15-17-27(31)32-7/h18-19,22-24,26H,11-17,20-21H2,1-10H3/b19-18+/t22-,23+,24?,26-,29-/m1/s1. The topological polar surface area (TPSA) is 61.8 Å². The minimum Gasteiger partial charge on any atom is -0.469 e.